The fourth-order valence-corrected chi connectivity index (χ4v) is 6.22. The lowest BCUT2D eigenvalue weighted by Crippen LogP contribution is -2.33. The van der Waals surface area contributed by atoms with E-state index in [9.17, 15) is 8.42 Å². The van der Waals surface area contributed by atoms with Crippen LogP contribution in [-0.4, -0.2) is 49.5 Å². The molecule has 20 heavy (non-hydrogen) atoms. The van der Waals surface area contributed by atoms with Crippen molar-refractivity contribution in [3.05, 3.63) is 16.7 Å². The van der Waals surface area contributed by atoms with Crippen molar-refractivity contribution in [1.29, 1.82) is 0 Å². The third-order valence-electron chi connectivity index (χ3n) is 2.73. The standard InChI is InChI=1S/C11H16BrN3O2S3/c1-13-11-10(4-8(12)5-14-11)20(16,17)15-6-9-7-18-2-3-19-9/h4-5,9,15H,2-3,6-7H2,1H3,(H,13,14). The molecular formula is C11H16BrN3O2S3. The minimum absolute atomic E-state index is 0.169. The molecule has 9 heteroatoms. The molecule has 1 unspecified atom stereocenters. The first-order valence-electron chi connectivity index (χ1n) is 6.05. The van der Waals surface area contributed by atoms with E-state index >= 15 is 0 Å². The Labute approximate surface area is 136 Å². The summed E-state index contributed by atoms with van der Waals surface area (Å²) in [6, 6.07) is 1.56. The Morgan fingerprint density at radius 2 is 2.30 bits per heavy atom. The van der Waals surface area contributed by atoms with E-state index in [4.69, 9.17) is 0 Å². The van der Waals surface area contributed by atoms with Gasteiger partial charge in [0.05, 0.1) is 0 Å². The molecule has 1 aromatic heterocycles. The monoisotopic (exact) mass is 397 g/mol. The molecule has 0 saturated carbocycles. The maximum absolute atomic E-state index is 12.4. The summed E-state index contributed by atoms with van der Waals surface area (Å²) in [5.74, 6) is 3.57. The number of sulfonamides is 1. The van der Waals surface area contributed by atoms with Gasteiger partial charge in [0, 0.05) is 46.8 Å². The molecule has 2 rings (SSSR count). The molecule has 0 amide bonds. The summed E-state index contributed by atoms with van der Waals surface area (Å²) in [4.78, 5) is 4.24. The van der Waals surface area contributed by atoms with E-state index in [-0.39, 0.29) is 4.90 Å². The van der Waals surface area contributed by atoms with Crippen LogP contribution in [0.2, 0.25) is 0 Å². The zero-order valence-corrected chi connectivity index (χ0v) is 15.0. The summed E-state index contributed by atoms with van der Waals surface area (Å²) < 4.78 is 28.1. The third-order valence-corrected chi connectivity index (χ3v) is 7.45. The molecule has 0 radical (unpaired) electrons. The van der Waals surface area contributed by atoms with Crippen LogP contribution in [0.1, 0.15) is 0 Å². The Morgan fingerprint density at radius 1 is 1.50 bits per heavy atom. The lowest BCUT2D eigenvalue weighted by Gasteiger charge is -2.21. The Hall–Kier alpha value is 0.0400. The molecule has 1 aliphatic rings. The molecule has 1 aromatic rings. The van der Waals surface area contributed by atoms with Gasteiger partial charge in [0.1, 0.15) is 10.7 Å². The van der Waals surface area contributed by atoms with E-state index in [1.165, 1.54) is 0 Å². The minimum Gasteiger partial charge on any atom is -0.372 e. The van der Waals surface area contributed by atoms with Crippen LogP contribution in [0.3, 0.4) is 0 Å². The van der Waals surface area contributed by atoms with E-state index < -0.39 is 10.0 Å². The van der Waals surface area contributed by atoms with Gasteiger partial charge in [-0.05, 0) is 22.0 Å². The summed E-state index contributed by atoms with van der Waals surface area (Å²) in [5.41, 5.74) is 0. The Balaban J connectivity index is 2.11. The maximum atomic E-state index is 12.4. The number of nitrogens with one attached hydrogen (secondary N) is 2. The Morgan fingerprint density at radius 3 is 2.95 bits per heavy atom. The quantitative estimate of drug-likeness (QED) is 0.791. The number of rotatable bonds is 5. The van der Waals surface area contributed by atoms with Crippen LogP contribution < -0.4 is 10.0 Å². The number of thioether (sulfide) groups is 2. The summed E-state index contributed by atoms with van der Waals surface area (Å²) in [6.45, 7) is 0.454. The SMILES string of the molecule is CNc1ncc(Br)cc1S(=O)(=O)NCC1CSCCS1. The highest BCUT2D eigenvalue weighted by atomic mass is 79.9. The first kappa shape index (κ1) is 16.4. The number of aromatic nitrogens is 1. The van der Waals surface area contributed by atoms with Crippen LogP contribution >= 0.6 is 39.5 Å². The smallest absolute Gasteiger partial charge is 0.244 e. The number of pyridine rings is 1. The number of hydrogen-bond donors (Lipinski definition) is 2. The van der Waals surface area contributed by atoms with E-state index in [1.54, 1.807) is 19.3 Å². The highest BCUT2D eigenvalue weighted by molar-refractivity contribution is 9.10. The van der Waals surface area contributed by atoms with Crippen molar-refractivity contribution in [3.63, 3.8) is 0 Å². The lowest BCUT2D eigenvalue weighted by molar-refractivity contribution is 0.581. The second-order valence-corrected chi connectivity index (χ2v) is 9.38. The van der Waals surface area contributed by atoms with Gasteiger partial charge in [-0.15, -0.1) is 0 Å². The average molecular weight is 398 g/mol. The van der Waals surface area contributed by atoms with Gasteiger partial charge in [0.25, 0.3) is 0 Å². The molecule has 5 nitrogen and oxygen atoms in total. The molecule has 0 spiro atoms. The Kier molecular flexibility index (Phi) is 6.03. The first-order chi connectivity index (χ1) is 9.53. The lowest BCUT2D eigenvalue weighted by atomic mass is 10.4. The first-order valence-corrected chi connectivity index (χ1v) is 10.5. The van der Waals surface area contributed by atoms with E-state index in [0.29, 0.717) is 22.1 Å². The molecule has 112 valence electrons. The predicted octanol–water partition coefficient (Wildman–Crippen LogP) is 2.01. The van der Waals surface area contributed by atoms with E-state index in [2.05, 4.69) is 31.0 Å². The fraction of sp³-hybridized carbons (Fsp3) is 0.545. The zero-order chi connectivity index (χ0) is 14.6. The van der Waals surface area contributed by atoms with Gasteiger partial charge in [-0.1, -0.05) is 0 Å². The number of nitrogens with zero attached hydrogens (tertiary/aromatic N) is 1. The highest BCUT2D eigenvalue weighted by Gasteiger charge is 2.22. The van der Waals surface area contributed by atoms with Crippen molar-refractivity contribution in [2.45, 2.75) is 10.1 Å². The second kappa shape index (κ2) is 7.35. The van der Waals surface area contributed by atoms with Gasteiger partial charge >= 0.3 is 0 Å². The molecule has 1 fully saturated rings. The highest BCUT2D eigenvalue weighted by Crippen LogP contribution is 2.25. The Bertz CT molecular complexity index is 562. The summed E-state index contributed by atoms with van der Waals surface area (Å²) in [5, 5.41) is 3.14. The van der Waals surface area contributed by atoms with Crippen LogP contribution in [0.4, 0.5) is 5.82 Å². The number of anilines is 1. The van der Waals surface area contributed by atoms with Crippen molar-refractivity contribution in [2.75, 3.05) is 36.2 Å². The minimum atomic E-state index is -3.55. The molecule has 2 N–H and O–H groups in total. The van der Waals surface area contributed by atoms with Crippen LogP contribution in [0.25, 0.3) is 0 Å². The second-order valence-electron chi connectivity index (χ2n) is 4.17. The number of hydrogen-bond acceptors (Lipinski definition) is 6. The average Bonchev–Trinajstić information content (AvgIpc) is 2.46. The molecule has 2 heterocycles. The van der Waals surface area contributed by atoms with Crippen molar-refractivity contribution in [2.24, 2.45) is 0 Å². The maximum Gasteiger partial charge on any atom is 0.244 e. The van der Waals surface area contributed by atoms with Gasteiger partial charge in [-0.25, -0.2) is 18.1 Å². The largest absolute Gasteiger partial charge is 0.372 e. The van der Waals surface area contributed by atoms with Crippen molar-refractivity contribution >= 4 is 55.3 Å². The molecule has 0 aliphatic carbocycles. The van der Waals surface area contributed by atoms with E-state index in [1.807, 2.05) is 23.5 Å². The van der Waals surface area contributed by atoms with E-state index in [0.717, 1.165) is 17.3 Å². The molecule has 1 aliphatic heterocycles. The van der Waals surface area contributed by atoms with Gasteiger partial charge < -0.3 is 5.32 Å². The van der Waals surface area contributed by atoms with Gasteiger partial charge in [0.2, 0.25) is 10.0 Å². The summed E-state index contributed by atoms with van der Waals surface area (Å²) in [6.07, 6.45) is 1.57. The van der Waals surface area contributed by atoms with Crippen molar-refractivity contribution in [1.82, 2.24) is 9.71 Å². The van der Waals surface area contributed by atoms with Crippen LogP contribution in [0, 0.1) is 0 Å². The van der Waals surface area contributed by atoms with Gasteiger partial charge in [-0.3, -0.25) is 0 Å². The molecule has 1 atom stereocenters. The van der Waals surface area contributed by atoms with Crippen LogP contribution in [0.15, 0.2) is 21.6 Å². The van der Waals surface area contributed by atoms with Gasteiger partial charge in [0.15, 0.2) is 0 Å². The molecule has 1 saturated heterocycles. The molecule has 0 aromatic carbocycles. The predicted molar refractivity (Wildman–Crippen MR) is 90.2 cm³/mol. The summed E-state index contributed by atoms with van der Waals surface area (Å²) >= 11 is 6.95. The zero-order valence-electron chi connectivity index (χ0n) is 10.9. The van der Waals surface area contributed by atoms with Crippen LogP contribution in [-0.2, 0) is 10.0 Å². The third kappa shape index (κ3) is 4.27. The topological polar surface area (TPSA) is 71.1 Å². The van der Waals surface area contributed by atoms with Crippen molar-refractivity contribution in [3.8, 4) is 0 Å². The normalized spacial score (nSPS) is 19.8. The fourth-order valence-electron chi connectivity index (χ4n) is 1.75. The number of halogens is 1. The van der Waals surface area contributed by atoms with Gasteiger partial charge in [-0.2, -0.15) is 23.5 Å². The molecule has 0 bridgehead atoms. The summed E-state index contributed by atoms with van der Waals surface area (Å²) in [7, 11) is -1.90. The van der Waals surface area contributed by atoms with Crippen LogP contribution in [0.5, 0.6) is 0 Å². The van der Waals surface area contributed by atoms with Crippen molar-refractivity contribution < 1.29 is 8.42 Å². The molecular weight excluding hydrogens is 382 g/mol.